The highest BCUT2D eigenvalue weighted by molar-refractivity contribution is 5.85. The van der Waals surface area contributed by atoms with Gasteiger partial charge in [0.25, 0.3) is 0 Å². The summed E-state index contributed by atoms with van der Waals surface area (Å²) in [5, 5.41) is 4.23. The molecule has 4 nitrogen and oxygen atoms in total. The Morgan fingerprint density at radius 2 is 1.83 bits per heavy atom. The van der Waals surface area contributed by atoms with Crippen molar-refractivity contribution < 1.29 is 4.79 Å². The van der Waals surface area contributed by atoms with Gasteiger partial charge in [-0.05, 0) is 30.5 Å². The van der Waals surface area contributed by atoms with E-state index in [0.29, 0.717) is 13.0 Å². The summed E-state index contributed by atoms with van der Waals surface area (Å²) < 4.78 is 0. The molecule has 0 aliphatic carbocycles. The number of benzene rings is 2. The van der Waals surface area contributed by atoms with E-state index in [1.807, 2.05) is 61.7 Å². The molecule has 0 spiro atoms. The maximum atomic E-state index is 12.6. The Morgan fingerprint density at radius 1 is 1.12 bits per heavy atom. The van der Waals surface area contributed by atoms with Crippen LogP contribution in [0.1, 0.15) is 24.1 Å². The number of nitrogens with two attached hydrogens (primary N) is 1. The quantitative estimate of drug-likeness (QED) is 0.652. The van der Waals surface area contributed by atoms with Crippen LogP contribution in [0.4, 0.5) is 0 Å². The zero-order chi connectivity index (χ0) is 16.9. The van der Waals surface area contributed by atoms with Crippen LogP contribution in [-0.4, -0.2) is 17.4 Å². The zero-order valence-electron chi connectivity index (χ0n) is 13.8. The average Bonchev–Trinajstić information content (AvgIpc) is 3.03. The van der Waals surface area contributed by atoms with Gasteiger partial charge in [0.2, 0.25) is 5.91 Å². The number of carbonyl (C=O) groups is 1. The summed E-state index contributed by atoms with van der Waals surface area (Å²) in [7, 11) is 0. The monoisotopic (exact) mass is 321 g/mol. The smallest absolute Gasteiger partial charge is 0.225 e. The maximum absolute atomic E-state index is 12.6. The van der Waals surface area contributed by atoms with Gasteiger partial charge in [-0.3, -0.25) is 4.79 Å². The second kappa shape index (κ2) is 7.32. The van der Waals surface area contributed by atoms with Gasteiger partial charge in [-0.2, -0.15) is 0 Å². The summed E-state index contributed by atoms with van der Waals surface area (Å²) in [5.41, 5.74) is 9.18. The summed E-state index contributed by atoms with van der Waals surface area (Å²) in [6.45, 7) is 2.32. The molecule has 0 saturated heterocycles. The molecule has 4 N–H and O–H groups in total. The Bertz CT molecular complexity index is 810. The van der Waals surface area contributed by atoms with Gasteiger partial charge in [0.1, 0.15) is 0 Å². The van der Waals surface area contributed by atoms with Gasteiger partial charge in [0, 0.05) is 23.6 Å². The van der Waals surface area contributed by atoms with Crippen molar-refractivity contribution in [3.05, 3.63) is 71.9 Å². The van der Waals surface area contributed by atoms with Gasteiger partial charge >= 0.3 is 0 Å². The minimum Gasteiger partial charge on any atom is -0.361 e. The predicted octanol–water partition coefficient (Wildman–Crippen LogP) is 3.16. The van der Waals surface area contributed by atoms with E-state index in [0.717, 1.165) is 22.0 Å². The van der Waals surface area contributed by atoms with Crippen LogP contribution >= 0.6 is 0 Å². The molecule has 124 valence electrons. The van der Waals surface area contributed by atoms with Gasteiger partial charge in [-0.15, -0.1) is 0 Å². The highest BCUT2D eigenvalue weighted by Crippen LogP contribution is 2.21. The molecular weight excluding hydrogens is 298 g/mol. The van der Waals surface area contributed by atoms with Crippen molar-refractivity contribution in [3.63, 3.8) is 0 Å². The minimum atomic E-state index is -0.240. The highest BCUT2D eigenvalue weighted by atomic mass is 16.1. The number of rotatable bonds is 6. The molecule has 3 aromatic rings. The van der Waals surface area contributed by atoms with Crippen molar-refractivity contribution in [2.45, 2.75) is 19.4 Å². The summed E-state index contributed by atoms with van der Waals surface area (Å²) in [4.78, 5) is 15.9. The first-order valence-corrected chi connectivity index (χ1v) is 8.29. The van der Waals surface area contributed by atoms with Crippen LogP contribution < -0.4 is 11.1 Å². The van der Waals surface area contributed by atoms with Crippen molar-refractivity contribution in [3.8, 4) is 0 Å². The van der Waals surface area contributed by atoms with Gasteiger partial charge in [0.15, 0.2) is 0 Å². The molecule has 0 bridgehead atoms. The number of hydrogen-bond donors (Lipinski definition) is 3. The minimum absolute atomic E-state index is 0.000802. The fourth-order valence-electron chi connectivity index (χ4n) is 3.01. The first-order chi connectivity index (χ1) is 11.7. The van der Waals surface area contributed by atoms with Crippen LogP contribution in [-0.2, 0) is 11.2 Å². The van der Waals surface area contributed by atoms with Crippen LogP contribution in [0.5, 0.6) is 0 Å². The number of nitrogens with one attached hydrogen (secondary N) is 2. The van der Waals surface area contributed by atoms with Crippen molar-refractivity contribution in [1.29, 1.82) is 0 Å². The lowest BCUT2D eigenvalue weighted by Gasteiger charge is -2.19. The topological polar surface area (TPSA) is 70.9 Å². The normalized spacial score (nSPS) is 13.6. The van der Waals surface area contributed by atoms with E-state index in [4.69, 9.17) is 5.73 Å². The van der Waals surface area contributed by atoms with Crippen molar-refractivity contribution in [2.75, 3.05) is 6.54 Å². The number of para-hydroxylation sites is 1. The first kappa shape index (κ1) is 16.3. The molecule has 0 radical (unpaired) electrons. The molecule has 4 heteroatoms. The number of aromatic amines is 1. The Balaban J connectivity index is 1.70. The summed E-state index contributed by atoms with van der Waals surface area (Å²) in [6.07, 6.45) is 2.61. The number of hydrogen-bond acceptors (Lipinski definition) is 2. The van der Waals surface area contributed by atoms with Crippen LogP contribution in [0.15, 0.2) is 60.8 Å². The molecular formula is C20H23N3O. The third kappa shape index (κ3) is 3.49. The Morgan fingerprint density at radius 3 is 2.58 bits per heavy atom. The predicted molar refractivity (Wildman–Crippen MR) is 97.5 cm³/mol. The van der Waals surface area contributed by atoms with Crippen LogP contribution in [0, 0.1) is 5.92 Å². The SMILES string of the molecule is CC(NC(=O)C(CN)Cc1c[nH]c2ccccc12)c1ccccc1. The Labute approximate surface area is 142 Å². The van der Waals surface area contributed by atoms with E-state index in [-0.39, 0.29) is 17.9 Å². The molecule has 1 heterocycles. The summed E-state index contributed by atoms with van der Waals surface area (Å²) in [6, 6.07) is 18.0. The average molecular weight is 321 g/mol. The second-order valence-electron chi connectivity index (χ2n) is 6.14. The molecule has 2 atom stereocenters. The largest absolute Gasteiger partial charge is 0.361 e. The fourth-order valence-corrected chi connectivity index (χ4v) is 3.01. The van der Waals surface area contributed by atoms with Crippen molar-refractivity contribution in [2.24, 2.45) is 11.7 Å². The molecule has 3 rings (SSSR count). The van der Waals surface area contributed by atoms with Crippen LogP contribution in [0.3, 0.4) is 0 Å². The van der Waals surface area contributed by atoms with E-state index in [9.17, 15) is 4.79 Å². The summed E-state index contributed by atoms with van der Waals surface area (Å²) in [5.74, 6) is -0.241. The molecule has 0 fully saturated rings. The summed E-state index contributed by atoms with van der Waals surface area (Å²) >= 11 is 0. The van der Waals surface area contributed by atoms with Crippen LogP contribution in [0.2, 0.25) is 0 Å². The number of amides is 1. The van der Waals surface area contributed by atoms with Gasteiger partial charge in [0.05, 0.1) is 12.0 Å². The Hall–Kier alpha value is -2.59. The van der Waals surface area contributed by atoms with E-state index in [2.05, 4.69) is 16.4 Å². The second-order valence-corrected chi connectivity index (χ2v) is 6.14. The van der Waals surface area contributed by atoms with E-state index < -0.39 is 0 Å². The lowest BCUT2D eigenvalue weighted by Crippen LogP contribution is -2.37. The number of carbonyl (C=O) groups excluding carboxylic acids is 1. The lowest BCUT2D eigenvalue weighted by molar-refractivity contribution is -0.125. The van der Waals surface area contributed by atoms with Crippen LogP contribution in [0.25, 0.3) is 10.9 Å². The van der Waals surface area contributed by atoms with E-state index >= 15 is 0 Å². The molecule has 1 aromatic heterocycles. The van der Waals surface area contributed by atoms with Gasteiger partial charge in [-0.1, -0.05) is 48.5 Å². The molecule has 24 heavy (non-hydrogen) atoms. The highest BCUT2D eigenvalue weighted by Gasteiger charge is 2.21. The van der Waals surface area contributed by atoms with Crippen molar-refractivity contribution >= 4 is 16.8 Å². The molecule has 0 aliphatic rings. The number of aromatic nitrogens is 1. The maximum Gasteiger partial charge on any atom is 0.225 e. The van der Waals surface area contributed by atoms with Gasteiger partial charge < -0.3 is 16.0 Å². The fraction of sp³-hybridized carbons (Fsp3) is 0.250. The standard InChI is InChI=1S/C20H23N3O/c1-14(15-7-3-2-4-8-15)23-20(24)16(12-21)11-17-13-22-19-10-6-5-9-18(17)19/h2-10,13-14,16,22H,11-12,21H2,1H3,(H,23,24). The van der Waals surface area contributed by atoms with E-state index in [1.54, 1.807) is 0 Å². The third-order valence-electron chi connectivity index (χ3n) is 4.45. The number of H-pyrrole nitrogens is 1. The third-order valence-corrected chi connectivity index (χ3v) is 4.45. The van der Waals surface area contributed by atoms with E-state index in [1.165, 1.54) is 0 Å². The Kier molecular flexibility index (Phi) is 4.96. The molecule has 2 aromatic carbocycles. The number of fused-ring (bicyclic) bond motifs is 1. The molecule has 1 amide bonds. The van der Waals surface area contributed by atoms with Gasteiger partial charge in [-0.25, -0.2) is 0 Å². The zero-order valence-corrected chi connectivity index (χ0v) is 13.8. The molecule has 0 saturated carbocycles. The molecule has 2 unspecified atom stereocenters. The van der Waals surface area contributed by atoms with Crippen molar-refractivity contribution in [1.82, 2.24) is 10.3 Å². The first-order valence-electron chi connectivity index (χ1n) is 8.29. The molecule has 0 aliphatic heterocycles. The lowest BCUT2D eigenvalue weighted by atomic mass is 9.97.